The van der Waals surface area contributed by atoms with Crippen LogP contribution in [0.4, 0.5) is 13.2 Å². The molecule has 1 heterocycles. The van der Waals surface area contributed by atoms with Gasteiger partial charge in [0.05, 0.1) is 24.4 Å². The summed E-state index contributed by atoms with van der Waals surface area (Å²) in [5, 5.41) is 19.6. The molecule has 2 aliphatic rings. The third-order valence-corrected chi connectivity index (χ3v) is 4.77. The summed E-state index contributed by atoms with van der Waals surface area (Å²) in [6.07, 6.45) is -0.468. The SMILES string of the molecule is O[C@@H]1C[C@@H]2O[C@@H](O)C[C@@H]2[C@H]1/C=C/CCOc1cccc(C(F)(F)F)c1. The molecule has 1 aromatic carbocycles. The Balaban J connectivity index is 1.48. The number of hydrogen-bond donors (Lipinski definition) is 2. The van der Waals surface area contributed by atoms with E-state index < -0.39 is 24.1 Å². The predicted octanol–water partition coefficient (Wildman–Crippen LogP) is 3.13. The minimum Gasteiger partial charge on any atom is -0.493 e. The molecule has 1 aliphatic heterocycles. The highest BCUT2D eigenvalue weighted by atomic mass is 19.4. The minimum atomic E-state index is -4.39. The van der Waals surface area contributed by atoms with E-state index in [9.17, 15) is 23.4 Å². The molecule has 0 unspecified atom stereocenters. The summed E-state index contributed by atoms with van der Waals surface area (Å²) in [4.78, 5) is 0. The van der Waals surface area contributed by atoms with Crippen LogP contribution in [-0.4, -0.2) is 35.3 Å². The van der Waals surface area contributed by atoms with E-state index in [-0.39, 0.29) is 30.3 Å². The molecule has 0 amide bonds. The van der Waals surface area contributed by atoms with Gasteiger partial charge >= 0.3 is 6.18 Å². The number of hydrogen-bond acceptors (Lipinski definition) is 4. The van der Waals surface area contributed by atoms with Gasteiger partial charge < -0.3 is 19.7 Å². The first kappa shape index (κ1) is 18.2. The van der Waals surface area contributed by atoms with Crippen molar-refractivity contribution in [3.63, 3.8) is 0 Å². The molecule has 1 aliphatic carbocycles. The van der Waals surface area contributed by atoms with Crippen LogP contribution in [0.15, 0.2) is 36.4 Å². The molecule has 25 heavy (non-hydrogen) atoms. The summed E-state index contributed by atoms with van der Waals surface area (Å²) < 4.78 is 48.6. The Labute approximate surface area is 143 Å². The third kappa shape index (κ3) is 4.34. The fourth-order valence-corrected chi connectivity index (χ4v) is 3.59. The molecule has 0 bridgehead atoms. The number of alkyl halides is 3. The van der Waals surface area contributed by atoms with Gasteiger partial charge in [0, 0.05) is 18.8 Å². The quantitative estimate of drug-likeness (QED) is 0.627. The lowest BCUT2D eigenvalue weighted by Crippen LogP contribution is -2.18. The van der Waals surface area contributed by atoms with Gasteiger partial charge in [-0.05, 0) is 30.5 Å². The van der Waals surface area contributed by atoms with Gasteiger partial charge in [0.2, 0.25) is 0 Å². The van der Waals surface area contributed by atoms with Crippen LogP contribution in [0.3, 0.4) is 0 Å². The molecule has 2 fully saturated rings. The first-order chi connectivity index (χ1) is 11.8. The number of aliphatic hydroxyl groups excluding tert-OH is 2. The zero-order valence-corrected chi connectivity index (χ0v) is 13.5. The summed E-state index contributed by atoms with van der Waals surface area (Å²) in [6.45, 7) is 0.244. The Morgan fingerprint density at radius 2 is 2.04 bits per heavy atom. The zero-order valence-electron chi connectivity index (χ0n) is 13.5. The summed E-state index contributed by atoms with van der Waals surface area (Å²) >= 11 is 0. The third-order valence-electron chi connectivity index (χ3n) is 4.77. The van der Waals surface area contributed by atoms with E-state index in [1.165, 1.54) is 12.1 Å². The largest absolute Gasteiger partial charge is 0.493 e. The van der Waals surface area contributed by atoms with E-state index in [0.717, 1.165) is 12.1 Å². The standard InChI is InChI=1S/C18H21F3O4/c19-18(20,21)11-4-3-5-12(8-11)24-7-2-1-6-13-14-9-17(23)25-16(14)10-15(13)22/h1,3-6,8,13-17,22-23H,2,7,9-10H2/b6-1+/t13-,14-,15-,16+,17-/m1/s1. The smallest absolute Gasteiger partial charge is 0.416 e. The average Bonchev–Trinajstić information content (AvgIpc) is 3.02. The molecule has 7 heteroatoms. The van der Waals surface area contributed by atoms with Crippen molar-refractivity contribution in [2.24, 2.45) is 11.8 Å². The van der Waals surface area contributed by atoms with Crippen LogP contribution in [0.2, 0.25) is 0 Å². The van der Waals surface area contributed by atoms with E-state index in [1.807, 2.05) is 12.2 Å². The first-order valence-corrected chi connectivity index (χ1v) is 8.33. The van der Waals surface area contributed by atoms with E-state index in [1.54, 1.807) is 0 Å². The highest BCUT2D eigenvalue weighted by Crippen LogP contribution is 2.43. The number of rotatable bonds is 5. The lowest BCUT2D eigenvalue weighted by atomic mass is 9.91. The van der Waals surface area contributed by atoms with Crippen LogP contribution >= 0.6 is 0 Å². The molecule has 0 radical (unpaired) electrons. The lowest BCUT2D eigenvalue weighted by Gasteiger charge is -2.16. The fraction of sp³-hybridized carbons (Fsp3) is 0.556. The second kappa shape index (κ2) is 7.35. The van der Waals surface area contributed by atoms with Gasteiger partial charge in [-0.3, -0.25) is 0 Å². The lowest BCUT2D eigenvalue weighted by molar-refractivity contribution is -0.137. The molecular formula is C18H21F3O4. The Morgan fingerprint density at radius 3 is 2.80 bits per heavy atom. The van der Waals surface area contributed by atoms with Crippen LogP contribution < -0.4 is 4.74 Å². The van der Waals surface area contributed by atoms with Crippen LogP contribution in [-0.2, 0) is 10.9 Å². The molecule has 4 nitrogen and oxygen atoms in total. The van der Waals surface area contributed by atoms with Crippen molar-refractivity contribution < 1.29 is 32.9 Å². The van der Waals surface area contributed by atoms with E-state index in [2.05, 4.69) is 0 Å². The van der Waals surface area contributed by atoms with E-state index in [4.69, 9.17) is 9.47 Å². The second-order valence-corrected chi connectivity index (χ2v) is 6.50. The maximum atomic E-state index is 12.6. The van der Waals surface area contributed by atoms with Crippen molar-refractivity contribution in [3.8, 4) is 5.75 Å². The normalized spacial score (nSPS) is 32.3. The van der Waals surface area contributed by atoms with E-state index >= 15 is 0 Å². The summed E-state index contributed by atoms with van der Waals surface area (Å²) in [5.74, 6) is 0.206. The minimum absolute atomic E-state index is 0.0734. The van der Waals surface area contributed by atoms with Crippen molar-refractivity contribution in [2.75, 3.05) is 6.61 Å². The van der Waals surface area contributed by atoms with Crippen molar-refractivity contribution in [1.29, 1.82) is 0 Å². The molecule has 0 spiro atoms. The zero-order chi connectivity index (χ0) is 18.0. The molecule has 1 saturated heterocycles. The molecule has 2 N–H and O–H groups in total. The van der Waals surface area contributed by atoms with Crippen molar-refractivity contribution in [1.82, 2.24) is 0 Å². The highest BCUT2D eigenvalue weighted by molar-refractivity contribution is 5.30. The predicted molar refractivity (Wildman–Crippen MR) is 83.8 cm³/mol. The van der Waals surface area contributed by atoms with Gasteiger partial charge in [0.15, 0.2) is 6.29 Å². The van der Waals surface area contributed by atoms with Crippen LogP contribution in [0.25, 0.3) is 0 Å². The first-order valence-electron chi connectivity index (χ1n) is 8.33. The van der Waals surface area contributed by atoms with Gasteiger partial charge in [0.25, 0.3) is 0 Å². The van der Waals surface area contributed by atoms with Crippen molar-refractivity contribution >= 4 is 0 Å². The molecule has 1 aromatic rings. The van der Waals surface area contributed by atoms with Crippen LogP contribution in [0.5, 0.6) is 5.75 Å². The Morgan fingerprint density at radius 1 is 1.24 bits per heavy atom. The van der Waals surface area contributed by atoms with Crippen molar-refractivity contribution in [2.45, 2.75) is 43.9 Å². The summed E-state index contributed by atoms with van der Waals surface area (Å²) in [6, 6.07) is 4.78. The Bertz CT molecular complexity index is 617. The molecule has 138 valence electrons. The molecule has 1 saturated carbocycles. The van der Waals surface area contributed by atoms with Gasteiger partial charge in [-0.1, -0.05) is 18.2 Å². The number of fused-ring (bicyclic) bond motifs is 1. The number of aliphatic hydroxyl groups is 2. The average molecular weight is 358 g/mol. The highest BCUT2D eigenvalue weighted by Gasteiger charge is 2.47. The van der Waals surface area contributed by atoms with Crippen LogP contribution in [0, 0.1) is 11.8 Å². The Kier molecular flexibility index (Phi) is 5.36. The molecule has 3 rings (SSSR count). The van der Waals surface area contributed by atoms with Crippen molar-refractivity contribution in [3.05, 3.63) is 42.0 Å². The van der Waals surface area contributed by atoms with Gasteiger partial charge in [-0.2, -0.15) is 13.2 Å². The monoisotopic (exact) mass is 358 g/mol. The maximum absolute atomic E-state index is 12.6. The summed E-state index contributed by atoms with van der Waals surface area (Å²) in [5.41, 5.74) is -0.736. The maximum Gasteiger partial charge on any atom is 0.416 e. The van der Waals surface area contributed by atoms with Crippen LogP contribution in [0.1, 0.15) is 24.8 Å². The number of ether oxygens (including phenoxy) is 2. The fourth-order valence-electron chi connectivity index (χ4n) is 3.59. The topological polar surface area (TPSA) is 58.9 Å². The molecular weight excluding hydrogens is 337 g/mol. The number of halogens is 3. The molecule has 0 aromatic heterocycles. The summed E-state index contributed by atoms with van der Waals surface area (Å²) in [7, 11) is 0. The molecule has 5 atom stereocenters. The van der Waals surface area contributed by atoms with E-state index in [0.29, 0.717) is 19.3 Å². The van der Waals surface area contributed by atoms with Gasteiger partial charge in [-0.25, -0.2) is 0 Å². The number of benzene rings is 1. The van der Waals surface area contributed by atoms with Gasteiger partial charge in [-0.15, -0.1) is 0 Å². The van der Waals surface area contributed by atoms with Gasteiger partial charge in [0.1, 0.15) is 5.75 Å². The second-order valence-electron chi connectivity index (χ2n) is 6.50. The Hall–Kier alpha value is -1.57.